The van der Waals surface area contributed by atoms with E-state index in [1.807, 2.05) is 0 Å². The summed E-state index contributed by atoms with van der Waals surface area (Å²) in [5.74, 6) is 0.263. The van der Waals surface area contributed by atoms with Crippen molar-refractivity contribution < 1.29 is 32.2 Å². The normalized spacial score (nSPS) is 10.9. The Morgan fingerprint density at radius 1 is 1.00 bits per heavy atom. The van der Waals surface area contributed by atoms with E-state index in [0.29, 0.717) is 23.1 Å². The first-order valence-electron chi connectivity index (χ1n) is 9.43. The number of nitrogens with one attached hydrogen (secondary N) is 2. The molecule has 0 saturated carbocycles. The number of ether oxygens (including phenoxy) is 2. The van der Waals surface area contributed by atoms with Crippen LogP contribution in [0.25, 0.3) is 0 Å². The molecule has 2 amide bonds. The Morgan fingerprint density at radius 3 is 2.36 bits per heavy atom. The molecule has 0 radical (unpaired) electrons. The average Bonchev–Trinajstić information content (AvgIpc) is 2.79. The van der Waals surface area contributed by atoms with Crippen LogP contribution in [0.2, 0.25) is 5.02 Å². The first kappa shape index (κ1) is 23.9. The molecule has 0 bridgehead atoms. The van der Waals surface area contributed by atoms with Crippen molar-refractivity contribution in [3.05, 3.63) is 82.6 Å². The molecule has 2 aromatic carbocycles. The highest BCUT2D eigenvalue weighted by Gasteiger charge is 2.33. The number of hydrogen-bond donors (Lipinski definition) is 2. The molecule has 33 heavy (non-hydrogen) atoms. The molecular formula is C22H17ClF3N3O4. The van der Waals surface area contributed by atoms with E-state index < -0.39 is 22.9 Å². The molecule has 0 aliphatic rings. The number of halogens is 4. The quantitative estimate of drug-likeness (QED) is 0.507. The number of carbonyl (C=O) groups is 2. The largest absolute Gasteiger partial charge is 0.457 e. The molecule has 0 saturated heterocycles. The third-order valence-corrected chi connectivity index (χ3v) is 4.57. The van der Waals surface area contributed by atoms with E-state index in [0.717, 1.165) is 12.1 Å². The van der Waals surface area contributed by atoms with Gasteiger partial charge in [-0.2, -0.15) is 13.2 Å². The summed E-state index contributed by atoms with van der Waals surface area (Å²) in [6.45, 7) is 0.0644. The van der Waals surface area contributed by atoms with Gasteiger partial charge >= 0.3 is 12.3 Å². The van der Waals surface area contributed by atoms with Gasteiger partial charge in [0.15, 0.2) is 0 Å². The second kappa shape index (κ2) is 10.2. The molecule has 7 nitrogen and oxygen atoms in total. The molecule has 0 spiro atoms. The average molecular weight is 480 g/mol. The van der Waals surface area contributed by atoms with Crippen LogP contribution in [0.4, 0.5) is 18.0 Å². The molecule has 1 heterocycles. The highest BCUT2D eigenvalue weighted by Crippen LogP contribution is 2.36. The van der Waals surface area contributed by atoms with Gasteiger partial charge in [-0.05, 0) is 42.0 Å². The molecule has 11 heteroatoms. The van der Waals surface area contributed by atoms with Crippen LogP contribution in [0.1, 0.15) is 21.6 Å². The third kappa shape index (κ3) is 6.59. The molecule has 0 fully saturated rings. The number of alkyl halides is 3. The van der Waals surface area contributed by atoms with Crippen molar-refractivity contribution in [3.8, 4) is 17.2 Å². The summed E-state index contributed by atoms with van der Waals surface area (Å²) in [7, 11) is 1.50. The molecule has 0 atom stereocenters. The summed E-state index contributed by atoms with van der Waals surface area (Å²) in [6, 6.07) is 12.6. The maximum Gasteiger partial charge on any atom is 0.417 e. The monoisotopic (exact) mass is 479 g/mol. The molecule has 3 rings (SSSR count). The van der Waals surface area contributed by atoms with Crippen LogP contribution < -0.4 is 20.1 Å². The number of amides is 2. The van der Waals surface area contributed by atoms with Crippen LogP contribution in [0.5, 0.6) is 17.2 Å². The van der Waals surface area contributed by atoms with Crippen molar-refractivity contribution in [1.82, 2.24) is 15.6 Å². The molecule has 2 N–H and O–H groups in total. The predicted octanol–water partition coefficient (Wildman–Crippen LogP) is 5.19. The number of aromatic nitrogens is 1. The standard InChI is InChI=1S/C22H17ClF3N3O4/c1-27-20(30)19-11-16(8-9-28-19)32-14-4-2-13(3-5-14)12-29-21(31)33-15-6-7-18(23)17(10-15)22(24,25)26/h2-11H,12H2,1H3,(H,27,30)(H,29,31). The summed E-state index contributed by atoms with van der Waals surface area (Å²) in [5.41, 5.74) is -0.203. The number of rotatable bonds is 6. The fraction of sp³-hybridized carbons (Fsp3) is 0.136. The van der Waals surface area contributed by atoms with Crippen LogP contribution >= 0.6 is 11.6 Å². The third-order valence-electron chi connectivity index (χ3n) is 4.24. The van der Waals surface area contributed by atoms with E-state index in [1.165, 1.54) is 19.3 Å². The Morgan fingerprint density at radius 2 is 1.70 bits per heavy atom. The van der Waals surface area contributed by atoms with E-state index in [9.17, 15) is 22.8 Å². The molecule has 3 aromatic rings. The van der Waals surface area contributed by atoms with Gasteiger partial charge in [-0.15, -0.1) is 0 Å². The van der Waals surface area contributed by atoms with Crippen LogP contribution in [0, 0.1) is 0 Å². The van der Waals surface area contributed by atoms with Gasteiger partial charge in [0.2, 0.25) is 0 Å². The summed E-state index contributed by atoms with van der Waals surface area (Å²) in [5, 5.41) is 4.43. The lowest BCUT2D eigenvalue weighted by Gasteiger charge is -2.12. The summed E-state index contributed by atoms with van der Waals surface area (Å²) in [6.07, 6.45) is -4.15. The maximum atomic E-state index is 12.9. The zero-order valence-corrected chi connectivity index (χ0v) is 17.8. The Hall–Kier alpha value is -3.79. The van der Waals surface area contributed by atoms with Gasteiger partial charge in [-0.1, -0.05) is 23.7 Å². The number of pyridine rings is 1. The van der Waals surface area contributed by atoms with Gasteiger partial charge in [0.25, 0.3) is 5.91 Å². The molecule has 1 aromatic heterocycles. The predicted molar refractivity (Wildman–Crippen MR) is 113 cm³/mol. The Bertz CT molecular complexity index is 1150. The van der Waals surface area contributed by atoms with Crippen molar-refractivity contribution in [2.45, 2.75) is 12.7 Å². The zero-order valence-electron chi connectivity index (χ0n) is 17.1. The van der Waals surface area contributed by atoms with Gasteiger partial charge < -0.3 is 20.1 Å². The number of hydrogen-bond acceptors (Lipinski definition) is 5. The molecule has 172 valence electrons. The molecular weight excluding hydrogens is 463 g/mol. The van der Waals surface area contributed by atoms with E-state index >= 15 is 0 Å². The summed E-state index contributed by atoms with van der Waals surface area (Å²) < 4.78 is 49.3. The van der Waals surface area contributed by atoms with Crippen molar-refractivity contribution >= 4 is 23.6 Å². The number of benzene rings is 2. The van der Waals surface area contributed by atoms with Gasteiger partial charge in [-0.3, -0.25) is 9.78 Å². The molecule has 0 unspecified atom stereocenters. The van der Waals surface area contributed by atoms with Crippen molar-refractivity contribution in [2.24, 2.45) is 0 Å². The highest BCUT2D eigenvalue weighted by molar-refractivity contribution is 6.31. The fourth-order valence-electron chi connectivity index (χ4n) is 2.64. The smallest absolute Gasteiger partial charge is 0.417 e. The Kier molecular flexibility index (Phi) is 7.39. The van der Waals surface area contributed by atoms with Crippen LogP contribution in [0.15, 0.2) is 60.8 Å². The first-order chi connectivity index (χ1) is 15.7. The molecule has 0 aliphatic heterocycles. The lowest BCUT2D eigenvalue weighted by molar-refractivity contribution is -0.137. The van der Waals surface area contributed by atoms with Crippen molar-refractivity contribution in [3.63, 3.8) is 0 Å². The number of carbonyl (C=O) groups excluding carboxylic acids is 2. The minimum atomic E-state index is -4.67. The lowest BCUT2D eigenvalue weighted by Crippen LogP contribution is -2.26. The maximum absolute atomic E-state index is 12.9. The second-order valence-corrected chi connectivity index (χ2v) is 6.99. The van der Waals surface area contributed by atoms with E-state index in [4.69, 9.17) is 21.1 Å². The highest BCUT2D eigenvalue weighted by atomic mass is 35.5. The van der Waals surface area contributed by atoms with Crippen LogP contribution in [-0.4, -0.2) is 24.0 Å². The fourth-order valence-corrected chi connectivity index (χ4v) is 2.87. The second-order valence-electron chi connectivity index (χ2n) is 6.58. The zero-order chi connectivity index (χ0) is 24.0. The van der Waals surface area contributed by atoms with Gasteiger partial charge in [0.1, 0.15) is 22.9 Å². The minimum Gasteiger partial charge on any atom is -0.457 e. The SMILES string of the molecule is CNC(=O)c1cc(Oc2ccc(CNC(=O)Oc3ccc(Cl)c(C(F)(F)F)c3)cc2)ccn1. The topological polar surface area (TPSA) is 89.6 Å². The minimum absolute atomic E-state index is 0.0644. The molecule has 0 aliphatic carbocycles. The van der Waals surface area contributed by atoms with Gasteiger partial charge in [0.05, 0.1) is 10.6 Å². The lowest BCUT2D eigenvalue weighted by atomic mass is 10.2. The summed E-state index contributed by atoms with van der Waals surface area (Å²) in [4.78, 5) is 27.5. The van der Waals surface area contributed by atoms with Crippen molar-refractivity contribution in [1.29, 1.82) is 0 Å². The first-order valence-corrected chi connectivity index (χ1v) is 9.81. The summed E-state index contributed by atoms with van der Waals surface area (Å²) >= 11 is 5.54. The van der Waals surface area contributed by atoms with Gasteiger partial charge in [-0.25, -0.2) is 4.79 Å². The van der Waals surface area contributed by atoms with E-state index in [2.05, 4.69) is 15.6 Å². The Balaban J connectivity index is 1.55. The van der Waals surface area contributed by atoms with E-state index in [-0.39, 0.29) is 23.9 Å². The Labute approximate surface area is 191 Å². The van der Waals surface area contributed by atoms with E-state index in [1.54, 1.807) is 30.3 Å². The van der Waals surface area contributed by atoms with Crippen molar-refractivity contribution in [2.75, 3.05) is 7.05 Å². The number of nitrogens with zero attached hydrogens (tertiary/aromatic N) is 1. The van der Waals surface area contributed by atoms with Gasteiger partial charge in [0, 0.05) is 25.9 Å². The van der Waals surface area contributed by atoms with Crippen LogP contribution in [-0.2, 0) is 12.7 Å². The van der Waals surface area contributed by atoms with Crippen LogP contribution in [0.3, 0.4) is 0 Å².